The van der Waals surface area contributed by atoms with Gasteiger partial charge < -0.3 is 5.32 Å². The number of aromatic nitrogens is 2. The molecule has 2 aromatic rings. The van der Waals surface area contributed by atoms with Crippen LogP contribution in [0.5, 0.6) is 0 Å². The van der Waals surface area contributed by atoms with E-state index in [2.05, 4.69) is 22.1 Å². The van der Waals surface area contributed by atoms with Gasteiger partial charge in [-0.1, -0.05) is 25.1 Å². The lowest BCUT2D eigenvalue weighted by Crippen LogP contribution is -2.19. The monoisotopic (exact) mass is 308 g/mol. The minimum Gasteiger partial charge on any atom is -0.313 e. The van der Waals surface area contributed by atoms with E-state index in [0.29, 0.717) is 12.2 Å². The number of anilines is 1. The molecule has 0 bridgehead atoms. The molecule has 2 N–H and O–H groups in total. The van der Waals surface area contributed by atoms with E-state index in [1.165, 1.54) is 6.20 Å². The van der Waals surface area contributed by atoms with Gasteiger partial charge in [0.1, 0.15) is 0 Å². The van der Waals surface area contributed by atoms with Crippen molar-refractivity contribution in [3.63, 3.8) is 0 Å². The van der Waals surface area contributed by atoms with Crippen LogP contribution >= 0.6 is 0 Å². The van der Waals surface area contributed by atoms with E-state index >= 15 is 0 Å². The van der Waals surface area contributed by atoms with Crippen molar-refractivity contribution in [2.24, 2.45) is 7.05 Å². The molecule has 0 saturated heterocycles. The lowest BCUT2D eigenvalue weighted by molar-refractivity contribution is 0.597. The van der Waals surface area contributed by atoms with Gasteiger partial charge in [0.05, 0.1) is 16.8 Å². The van der Waals surface area contributed by atoms with Crippen LogP contribution in [0.4, 0.5) is 5.69 Å². The second-order valence-corrected chi connectivity index (χ2v) is 6.44. The number of hydrogen-bond donors (Lipinski definition) is 2. The van der Waals surface area contributed by atoms with E-state index < -0.39 is 10.0 Å². The first-order valence-electron chi connectivity index (χ1n) is 6.83. The highest BCUT2D eigenvalue weighted by molar-refractivity contribution is 7.92. The number of aryl methyl sites for hydroxylation is 1. The number of nitrogens with one attached hydrogen (secondary N) is 2. The number of benzene rings is 1. The summed E-state index contributed by atoms with van der Waals surface area (Å²) in [5, 5.41) is 7.18. The van der Waals surface area contributed by atoms with Crippen LogP contribution in [0.1, 0.15) is 18.9 Å². The summed E-state index contributed by atoms with van der Waals surface area (Å²) in [7, 11) is -1.87. The maximum Gasteiger partial charge on any atom is 0.262 e. The summed E-state index contributed by atoms with van der Waals surface area (Å²) in [5.41, 5.74) is 1.20. The van der Waals surface area contributed by atoms with Crippen molar-refractivity contribution < 1.29 is 8.42 Å². The van der Waals surface area contributed by atoms with Gasteiger partial charge in [0.25, 0.3) is 10.0 Å². The Morgan fingerprint density at radius 2 is 2.05 bits per heavy atom. The fourth-order valence-electron chi connectivity index (χ4n) is 2.00. The molecule has 6 nitrogen and oxygen atoms in total. The molecule has 0 unspecified atom stereocenters. The third-order valence-corrected chi connectivity index (χ3v) is 4.44. The van der Waals surface area contributed by atoms with Gasteiger partial charge >= 0.3 is 0 Å². The van der Waals surface area contributed by atoms with Crippen molar-refractivity contribution in [1.82, 2.24) is 15.1 Å². The van der Waals surface area contributed by atoms with Crippen LogP contribution in [-0.2, 0) is 23.6 Å². The average Bonchev–Trinajstić information content (AvgIpc) is 2.84. The van der Waals surface area contributed by atoms with Crippen LogP contribution in [-0.4, -0.2) is 24.7 Å². The molecule has 7 heteroatoms. The van der Waals surface area contributed by atoms with E-state index in [-0.39, 0.29) is 4.90 Å². The van der Waals surface area contributed by atoms with Gasteiger partial charge in [-0.15, -0.1) is 0 Å². The SMILES string of the molecule is CCCNCc1ccccc1S(=O)(=O)Nc1cnn(C)c1. The molecule has 0 saturated carbocycles. The predicted octanol–water partition coefficient (Wildman–Crippen LogP) is 1.72. The molecule has 2 rings (SSSR count). The number of hydrogen-bond acceptors (Lipinski definition) is 4. The summed E-state index contributed by atoms with van der Waals surface area (Å²) in [4.78, 5) is 0.289. The quantitative estimate of drug-likeness (QED) is 0.764. The van der Waals surface area contributed by atoms with Crippen LogP contribution in [0.3, 0.4) is 0 Å². The fraction of sp³-hybridized carbons (Fsp3) is 0.357. The molecular weight excluding hydrogens is 288 g/mol. The number of rotatable bonds is 7. The van der Waals surface area contributed by atoms with Gasteiger partial charge in [-0.3, -0.25) is 9.40 Å². The molecule has 0 atom stereocenters. The van der Waals surface area contributed by atoms with Crippen molar-refractivity contribution in [2.45, 2.75) is 24.8 Å². The third kappa shape index (κ3) is 4.05. The first-order valence-corrected chi connectivity index (χ1v) is 8.31. The van der Waals surface area contributed by atoms with Crippen molar-refractivity contribution in [3.8, 4) is 0 Å². The molecule has 0 spiro atoms. The van der Waals surface area contributed by atoms with Gasteiger partial charge in [0.2, 0.25) is 0 Å². The van der Waals surface area contributed by atoms with Crippen molar-refractivity contribution in [2.75, 3.05) is 11.3 Å². The molecule has 1 aromatic heterocycles. The molecule has 21 heavy (non-hydrogen) atoms. The summed E-state index contributed by atoms with van der Waals surface area (Å²) < 4.78 is 29.1. The average molecular weight is 308 g/mol. The summed E-state index contributed by atoms with van der Waals surface area (Å²) in [6, 6.07) is 7.00. The zero-order chi connectivity index (χ0) is 15.3. The highest BCUT2D eigenvalue weighted by Crippen LogP contribution is 2.19. The second-order valence-electron chi connectivity index (χ2n) is 4.79. The largest absolute Gasteiger partial charge is 0.313 e. The fourth-order valence-corrected chi connectivity index (χ4v) is 3.26. The highest BCUT2D eigenvalue weighted by atomic mass is 32.2. The summed E-state index contributed by atoms with van der Waals surface area (Å²) in [5.74, 6) is 0. The van der Waals surface area contributed by atoms with Crippen LogP contribution in [0, 0.1) is 0 Å². The molecule has 0 aliphatic rings. The highest BCUT2D eigenvalue weighted by Gasteiger charge is 2.18. The Kier molecular flexibility index (Phi) is 4.98. The first-order chi connectivity index (χ1) is 10.0. The van der Waals surface area contributed by atoms with Gasteiger partial charge in [-0.2, -0.15) is 5.10 Å². The molecule has 0 fully saturated rings. The van der Waals surface area contributed by atoms with E-state index in [1.807, 2.05) is 12.1 Å². The van der Waals surface area contributed by atoms with Crippen LogP contribution < -0.4 is 10.0 Å². The Labute approximate surface area is 125 Å². The number of nitrogens with zero attached hydrogens (tertiary/aromatic N) is 2. The predicted molar refractivity (Wildman–Crippen MR) is 82.5 cm³/mol. The Balaban J connectivity index is 2.23. The van der Waals surface area contributed by atoms with E-state index in [1.54, 1.807) is 30.1 Å². The Morgan fingerprint density at radius 1 is 1.29 bits per heavy atom. The molecule has 1 heterocycles. The van der Waals surface area contributed by atoms with Gasteiger partial charge in [-0.25, -0.2) is 8.42 Å². The lowest BCUT2D eigenvalue weighted by Gasteiger charge is -2.11. The molecule has 0 radical (unpaired) electrons. The van der Waals surface area contributed by atoms with E-state index in [4.69, 9.17) is 0 Å². The van der Waals surface area contributed by atoms with Gasteiger partial charge in [0.15, 0.2) is 0 Å². The van der Waals surface area contributed by atoms with Crippen molar-refractivity contribution in [1.29, 1.82) is 0 Å². The van der Waals surface area contributed by atoms with Crippen molar-refractivity contribution >= 4 is 15.7 Å². The standard InChI is InChI=1S/C14H20N4O2S/c1-3-8-15-9-12-6-4-5-7-14(12)21(19,20)17-13-10-16-18(2)11-13/h4-7,10-11,15,17H,3,8-9H2,1-2H3. The molecule has 0 aliphatic heterocycles. The molecule has 114 valence electrons. The van der Waals surface area contributed by atoms with Crippen LogP contribution in [0.15, 0.2) is 41.6 Å². The Morgan fingerprint density at radius 3 is 2.71 bits per heavy atom. The maximum absolute atomic E-state index is 12.5. The maximum atomic E-state index is 12.5. The van der Waals surface area contributed by atoms with Gasteiger partial charge in [-0.05, 0) is 24.6 Å². The van der Waals surface area contributed by atoms with Crippen LogP contribution in [0.2, 0.25) is 0 Å². The smallest absolute Gasteiger partial charge is 0.262 e. The Hall–Kier alpha value is -1.86. The third-order valence-electron chi connectivity index (χ3n) is 2.96. The second kappa shape index (κ2) is 6.73. The summed E-state index contributed by atoms with van der Waals surface area (Å²) in [6.45, 7) is 3.45. The van der Waals surface area contributed by atoms with E-state index in [0.717, 1.165) is 18.5 Å². The topological polar surface area (TPSA) is 76.0 Å². The zero-order valence-electron chi connectivity index (χ0n) is 12.2. The molecular formula is C14H20N4O2S. The minimum atomic E-state index is -3.61. The Bertz CT molecular complexity index is 695. The minimum absolute atomic E-state index is 0.289. The number of sulfonamides is 1. The van der Waals surface area contributed by atoms with E-state index in [9.17, 15) is 8.42 Å². The molecule has 0 amide bonds. The van der Waals surface area contributed by atoms with Crippen LogP contribution in [0.25, 0.3) is 0 Å². The lowest BCUT2D eigenvalue weighted by atomic mass is 10.2. The molecule has 0 aliphatic carbocycles. The normalized spacial score (nSPS) is 11.5. The summed E-state index contributed by atoms with van der Waals surface area (Å²) >= 11 is 0. The summed E-state index contributed by atoms with van der Waals surface area (Å²) in [6.07, 6.45) is 4.11. The van der Waals surface area contributed by atoms with Crippen molar-refractivity contribution in [3.05, 3.63) is 42.2 Å². The zero-order valence-corrected chi connectivity index (χ0v) is 13.0. The molecule has 1 aromatic carbocycles. The first kappa shape index (κ1) is 15.5. The van der Waals surface area contributed by atoms with Gasteiger partial charge in [0, 0.05) is 19.8 Å².